The Kier molecular flexibility index (Phi) is 5.15. The number of carbonyl (C=O) groups excluding carboxylic acids is 1. The summed E-state index contributed by atoms with van der Waals surface area (Å²) in [5, 5.41) is 0.260. The van der Waals surface area contributed by atoms with E-state index in [1.165, 1.54) is 43.3 Å². The van der Waals surface area contributed by atoms with E-state index >= 15 is 0 Å². The Morgan fingerprint density at radius 3 is 2.11 bits per heavy atom. The molecule has 1 fully saturated rings. The zero-order valence-electron chi connectivity index (χ0n) is 13.9. The van der Waals surface area contributed by atoms with Gasteiger partial charge in [-0.05, 0) is 36.4 Å². The van der Waals surface area contributed by atoms with Crippen LogP contribution in [0.5, 0.6) is 0 Å². The van der Waals surface area contributed by atoms with E-state index in [4.69, 9.17) is 23.2 Å². The quantitative estimate of drug-likeness (QED) is 0.773. The molecule has 1 saturated heterocycles. The molecule has 0 spiro atoms. The molecule has 11 heteroatoms. The molecule has 1 atom stereocenters. The van der Waals surface area contributed by atoms with Gasteiger partial charge in [0, 0.05) is 0 Å². The van der Waals surface area contributed by atoms with E-state index in [0.717, 1.165) is 0 Å². The third-order valence-electron chi connectivity index (χ3n) is 3.94. The molecule has 0 aromatic heterocycles. The summed E-state index contributed by atoms with van der Waals surface area (Å²) in [5.41, 5.74) is 0.120. The molecule has 0 aliphatic carbocycles. The summed E-state index contributed by atoms with van der Waals surface area (Å²) in [5.74, 6) is -1.48. The van der Waals surface area contributed by atoms with Gasteiger partial charge in [-0.1, -0.05) is 36.2 Å². The molecule has 7 nitrogen and oxygen atoms in total. The number of nitrogens with zero attached hydrogens (tertiary/aromatic N) is 1. The number of sulfonamides is 2. The highest BCUT2D eigenvalue weighted by atomic mass is 35.5. The number of nitrogens with one attached hydrogen (secondary N) is 1. The van der Waals surface area contributed by atoms with E-state index in [1.807, 2.05) is 0 Å². The monoisotopic (exact) mass is 448 g/mol. The largest absolute Gasteiger partial charge is 0.277 e. The van der Waals surface area contributed by atoms with Crippen LogP contribution >= 0.6 is 23.2 Å². The second kappa shape index (κ2) is 6.97. The standard InChI is InChI=1S/C16H14Cl2N2O5S2/c1-10-9-26(22,23)20(16(10)21)11-5-7-12(8-6-11)27(24,25)19-15-13(17)3-2-4-14(15)18/h2-8,10,19H,9H2,1H3. The highest BCUT2D eigenvalue weighted by Gasteiger charge is 2.42. The molecule has 0 radical (unpaired) electrons. The Balaban J connectivity index is 1.92. The summed E-state index contributed by atoms with van der Waals surface area (Å²) in [7, 11) is -7.79. The zero-order valence-corrected chi connectivity index (χ0v) is 17.0. The van der Waals surface area contributed by atoms with Crippen molar-refractivity contribution in [2.24, 2.45) is 5.92 Å². The Labute approximate surface area is 167 Å². The minimum absolute atomic E-state index is 0.0380. The molecular weight excluding hydrogens is 435 g/mol. The molecule has 2 aromatic rings. The Bertz CT molecular complexity index is 1100. The third-order valence-corrected chi connectivity index (χ3v) is 7.81. The van der Waals surface area contributed by atoms with Gasteiger partial charge in [-0.15, -0.1) is 0 Å². The lowest BCUT2D eigenvalue weighted by molar-refractivity contribution is -0.119. The van der Waals surface area contributed by atoms with Gasteiger partial charge in [0.2, 0.25) is 15.9 Å². The van der Waals surface area contributed by atoms with Gasteiger partial charge in [0.05, 0.1) is 38.0 Å². The first-order valence-corrected chi connectivity index (χ1v) is 11.5. The number of hydrogen-bond donors (Lipinski definition) is 1. The fourth-order valence-corrected chi connectivity index (χ4v) is 6.16. The minimum atomic E-state index is -4.02. The van der Waals surface area contributed by atoms with Crippen molar-refractivity contribution in [3.8, 4) is 0 Å². The number of anilines is 2. The minimum Gasteiger partial charge on any atom is -0.277 e. The van der Waals surface area contributed by atoms with Crippen molar-refractivity contribution < 1.29 is 21.6 Å². The predicted molar refractivity (Wildman–Crippen MR) is 104 cm³/mol. The van der Waals surface area contributed by atoms with Crippen molar-refractivity contribution >= 4 is 60.5 Å². The van der Waals surface area contributed by atoms with E-state index in [2.05, 4.69) is 4.72 Å². The smallest absolute Gasteiger partial charge is 0.261 e. The number of halogens is 2. The molecule has 0 saturated carbocycles. The van der Waals surface area contributed by atoms with Crippen molar-refractivity contribution in [1.82, 2.24) is 0 Å². The summed E-state index contributed by atoms with van der Waals surface area (Å²) in [4.78, 5) is 12.0. The van der Waals surface area contributed by atoms with Crippen LogP contribution in [0.4, 0.5) is 11.4 Å². The van der Waals surface area contributed by atoms with Crippen LogP contribution in [0.25, 0.3) is 0 Å². The Hall–Kier alpha value is -1.81. The molecule has 3 rings (SSSR count). The molecule has 27 heavy (non-hydrogen) atoms. The molecule has 1 aliphatic heterocycles. The van der Waals surface area contributed by atoms with Gasteiger partial charge in [0.15, 0.2) is 0 Å². The first-order valence-electron chi connectivity index (χ1n) is 7.67. The maximum absolute atomic E-state index is 12.6. The topological polar surface area (TPSA) is 101 Å². The van der Waals surface area contributed by atoms with Gasteiger partial charge >= 0.3 is 0 Å². The number of carbonyl (C=O) groups is 1. The number of para-hydroxylation sites is 1. The van der Waals surface area contributed by atoms with Crippen molar-refractivity contribution in [2.45, 2.75) is 11.8 Å². The molecule has 1 amide bonds. The first-order chi connectivity index (χ1) is 12.5. The summed E-state index contributed by atoms with van der Waals surface area (Å²) in [6, 6.07) is 9.47. The van der Waals surface area contributed by atoms with E-state index < -0.39 is 31.9 Å². The van der Waals surface area contributed by atoms with Gasteiger partial charge in [0.25, 0.3) is 10.0 Å². The van der Waals surface area contributed by atoms with Gasteiger partial charge < -0.3 is 0 Å². The summed E-state index contributed by atoms with van der Waals surface area (Å²) in [6.07, 6.45) is 0. The van der Waals surface area contributed by atoms with Crippen LogP contribution in [0, 0.1) is 5.92 Å². The maximum Gasteiger partial charge on any atom is 0.261 e. The van der Waals surface area contributed by atoms with Gasteiger partial charge in [0.1, 0.15) is 0 Å². The second-order valence-electron chi connectivity index (χ2n) is 5.98. The number of amides is 1. The van der Waals surface area contributed by atoms with Gasteiger partial charge in [-0.25, -0.2) is 21.1 Å². The van der Waals surface area contributed by atoms with Crippen LogP contribution in [0.1, 0.15) is 6.92 Å². The molecule has 1 N–H and O–H groups in total. The second-order valence-corrected chi connectivity index (χ2v) is 10.3. The van der Waals surface area contributed by atoms with Crippen LogP contribution < -0.4 is 9.03 Å². The summed E-state index contributed by atoms with van der Waals surface area (Å²) < 4.78 is 52.4. The van der Waals surface area contributed by atoms with E-state index in [0.29, 0.717) is 4.31 Å². The Morgan fingerprint density at radius 1 is 1.07 bits per heavy atom. The van der Waals surface area contributed by atoms with Crippen LogP contribution in [-0.4, -0.2) is 28.5 Å². The molecule has 1 unspecified atom stereocenters. The van der Waals surface area contributed by atoms with Gasteiger partial charge in [-0.2, -0.15) is 0 Å². The molecule has 144 valence electrons. The van der Waals surface area contributed by atoms with Crippen LogP contribution in [0.2, 0.25) is 10.0 Å². The zero-order chi connectivity index (χ0) is 20.0. The van der Waals surface area contributed by atoms with Crippen molar-refractivity contribution in [1.29, 1.82) is 0 Å². The van der Waals surface area contributed by atoms with Crippen LogP contribution in [-0.2, 0) is 24.8 Å². The highest BCUT2D eigenvalue weighted by molar-refractivity contribution is 7.94. The highest BCUT2D eigenvalue weighted by Crippen LogP contribution is 2.33. The molecule has 2 aromatic carbocycles. The van der Waals surface area contributed by atoms with Crippen LogP contribution in [0.15, 0.2) is 47.4 Å². The fraction of sp³-hybridized carbons (Fsp3) is 0.188. The van der Waals surface area contributed by atoms with E-state index in [1.54, 1.807) is 6.07 Å². The lowest BCUT2D eigenvalue weighted by Crippen LogP contribution is -2.30. The molecule has 1 aliphatic rings. The number of rotatable bonds is 4. The van der Waals surface area contributed by atoms with Crippen LogP contribution in [0.3, 0.4) is 0 Å². The fourth-order valence-electron chi connectivity index (χ4n) is 2.64. The Morgan fingerprint density at radius 2 is 1.63 bits per heavy atom. The summed E-state index contributed by atoms with van der Waals surface area (Å²) in [6.45, 7) is 1.52. The van der Waals surface area contributed by atoms with Crippen molar-refractivity contribution in [3.63, 3.8) is 0 Å². The van der Waals surface area contributed by atoms with Gasteiger partial charge in [-0.3, -0.25) is 9.52 Å². The normalized spacial score (nSPS) is 19.3. The SMILES string of the molecule is CC1CS(=O)(=O)N(c2ccc(S(=O)(=O)Nc3c(Cl)cccc3Cl)cc2)C1=O. The maximum atomic E-state index is 12.6. The average molecular weight is 449 g/mol. The number of benzene rings is 2. The molecule has 0 bridgehead atoms. The third kappa shape index (κ3) is 3.77. The van der Waals surface area contributed by atoms with Crippen molar-refractivity contribution in [3.05, 3.63) is 52.5 Å². The lowest BCUT2D eigenvalue weighted by atomic mass is 10.2. The molecular formula is C16H14Cl2N2O5S2. The van der Waals surface area contributed by atoms with E-state index in [-0.39, 0.29) is 32.1 Å². The first kappa shape index (κ1) is 19.9. The predicted octanol–water partition coefficient (Wildman–Crippen LogP) is 3.11. The lowest BCUT2D eigenvalue weighted by Gasteiger charge is -2.16. The molecule has 1 heterocycles. The summed E-state index contributed by atoms with van der Waals surface area (Å²) >= 11 is 11.9. The van der Waals surface area contributed by atoms with Crippen molar-refractivity contribution in [2.75, 3.05) is 14.8 Å². The number of hydrogen-bond acceptors (Lipinski definition) is 5. The average Bonchev–Trinajstić information content (AvgIpc) is 2.79. The van der Waals surface area contributed by atoms with E-state index in [9.17, 15) is 21.6 Å².